The Bertz CT molecular complexity index is 399. The van der Waals surface area contributed by atoms with Gasteiger partial charge in [0.25, 0.3) is 0 Å². The molecule has 3 heteroatoms. The predicted molar refractivity (Wildman–Crippen MR) is 67.2 cm³/mol. The van der Waals surface area contributed by atoms with Crippen LogP contribution in [0.1, 0.15) is 42.6 Å². The first-order chi connectivity index (χ1) is 7.96. The van der Waals surface area contributed by atoms with Crippen molar-refractivity contribution < 1.29 is 9.53 Å². The van der Waals surface area contributed by atoms with E-state index >= 15 is 0 Å². The van der Waals surface area contributed by atoms with Gasteiger partial charge in [0.15, 0.2) is 0 Å². The number of esters is 1. The second-order valence-electron chi connectivity index (χ2n) is 5.48. The van der Waals surface area contributed by atoms with Crippen molar-refractivity contribution in [3.05, 3.63) is 35.4 Å². The topological polar surface area (TPSA) is 38.3 Å². The first-order valence-electron chi connectivity index (χ1n) is 6.00. The van der Waals surface area contributed by atoms with Gasteiger partial charge in [0.05, 0.1) is 5.56 Å². The normalized spacial score (nSPS) is 16.4. The first-order valence-corrected chi connectivity index (χ1v) is 6.00. The Labute approximate surface area is 102 Å². The summed E-state index contributed by atoms with van der Waals surface area (Å²) < 4.78 is 5.31. The van der Waals surface area contributed by atoms with Crippen LogP contribution in [0.4, 0.5) is 0 Å². The van der Waals surface area contributed by atoms with E-state index in [1.54, 1.807) is 0 Å². The van der Waals surface area contributed by atoms with Crippen LogP contribution >= 0.6 is 0 Å². The second kappa shape index (κ2) is 4.49. The lowest BCUT2D eigenvalue weighted by atomic mass is 9.93. The van der Waals surface area contributed by atoms with E-state index in [0.29, 0.717) is 11.5 Å². The molecule has 0 radical (unpaired) electrons. The molecule has 0 atom stereocenters. The molecule has 1 aliphatic heterocycles. The molecule has 0 unspecified atom stereocenters. The zero-order valence-corrected chi connectivity index (χ0v) is 10.6. The maximum Gasteiger partial charge on any atom is 0.338 e. The molecule has 1 N–H and O–H groups in total. The molecule has 1 heterocycles. The van der Waals surface area contributed by atoms with Crippen molar-refractivity contribution in [1.82, 2.24) is 5.32 Å². The van der Waals surface area contributed by atoms with Crippen molar-refractivity contribution in [2.24, 2.45) is 0 Å². The number of rotatable bonds is 2. The number of hydrogen-bond acceptors (Lipinski definition) is 3. The lowest BCUT2D eigenvalue weighted by molar-refractivity contribution is 0.00695. The predicted octanol–water partition coefficient (Wildman–Crippen LogP) is 2.33. The zero-order valence-electron chi connectivity index (χ0n) is 10.6. The molecule has 1 aromatic rings. The molecule has 0 aromatic heterocycles. The summed E-state index contributed by atoms with van der Waals surface area (Å²) >= 11 is 0. The summed E-state index contributed by atoms with van der Waals surface area (Å²) in [6.07, 6.45) is 0. The second-order valence-corrected chi connectivity index (χ2v) is 5.48. The van der Waals surface area contributed by atoms with E-state index < -0.39 is 5.60 Å². The fraction of sp³-hybridized carbons (Fsp3) is 0.500. The minimum absolute atomic E-state index is 0.254. The third kappa shape index (κ3) is 3.07. The van der Waals surface area contributed by atoms with Gasteiger partial charge >= 0.3 is 5.97 Å². The summed E-state index contributed by atoms with van der Waals surface area (Å²) in [5, 5.41) is 3.24. The highest BCUT2D eigenvalue weighted by Crippen LogP contribution is 2.20. The largest absolute Gasteiger partial charge is 0.456 e. The van der Waals surface area contributed by atoms with Gasteiger partial charge < -0.3 is 10.1 Å². The van der Waals surface area contributed by atoms with Crippen molar-refractivity contribution >= 4 is 5.97 Å². The Hall–Kier alpha value is -1.35. The van der Waals surface area contributed by atoms with Gasteiger partial charge in [0, 0.05) is 19.0 Å². The van der Waals surface area contributed by atoms with Crippen LogP contribution in [0.15, 0.2) is 24.3 Å². The summed E-state index contributed by atoms with van der Waals surface area (Å²) in [5.41, 5.74) is 1.47. The Morgan fingerprint density at radius 3 is 2.24 bits per heavy atom. The maximum absolute atomic E-state index is 11.8. The lowest BCUT2D eigenvalue weighted by Crippen LogP contribution is -2.39. The van der Waals surface area contributed by atoms with Crippen LogP contribution in [0.25, 0.3) is 0 Å². The van der Waals surface area contributed by atoms with E-state index in [1.165, 1.54) is 5.56 Å². The fourth-order valence-corrected chi connectivity index (χ4v) is 1.75. The Balaban J connectivity index is 2.04. The molecule has 1 aliphatic rings. The van der Waals surface area contributed by atoms with Crippen molar-refractivity contribution in [3.63, 3.8) is 0 Å². The van der Waals surface area contributed by atoms with Gasteiger partial charge in [0.1, 0.15) is 5.60 Å². The average Bonchev–Trinajstić information content (AvgIpc) is 2.13. The SMILES string of the molecule is CC(C)(C)OC(=O)c1ccc(C2CNC2)cc1. The molecule has 1 saturated heterocycles. The molecule has 3 nitrogen and oxygen atoms in total. The Kier molecular flexibility index (Phi) is 3.20. The molecular weight excluding hydrogens is 214 g/mol. The van der Waals surface area contributed by atoms with Gasteiger partial charge in [-0.2, -0.15) is 0 Å². The Morgan fingerprint density at radius 1 is 1.24 bits per heavy atom. The van der Waals surface area contributed by atoms with E-state index in [-0.39, 0.29) is 5.97 Å². The fourth-order valence-electron chi connectivity index (χ4n) is 1.75. The molecule has 2 rings (SSSR count). The number of carbonyl (C=O) groups is 1. The van der Waals surface area contributed by atoms with Crippen molar-refractivity contribution in [3.8, 4) is 0 Å². The van der Waals surface area contributed by atoms with Gasteiger partial charge in [0.2, 0.25) is 0 Å². The van der Waals surface area contributed by atoms with Crippen molar-refractivity contribution in [1.29, 1.82) is 0 Å². The molecule has 1 fully saturated rings. The first kappa shape index (κ1) is 12.1. The number of benzene rings is 1. The van der Waals surface area contributed by atoms with Gasteiger partial charge in [-0.3, -0.25) is 0 Å². The molecule has 0 aliphatic carbocycles. The van der Waals surface area contributed by atoms with Crippen LogP contribution in [0.2, 0.25) is 0 Å². The molecule has 17 heavy (non-hydrogen) atoms. The molecule has 0 amide bonds. The molecule has 0 saturated carbocycles. The van der Waals surface area contributed by atoms with Crippen LogP contribution in [-0.2, 0) is 4.74 Å². The van der Waals surface area contributed by atoms with E-state index in [4.69, 9.17) is 4.74 Å². The highest BCUT2D eigenvalue weighted by Gasteiger charge is 2.20. The quantitative estimate of drug-likeness (QED) is 0.797. The summed E-state index contributed by atoms with van der Waals surface area (Å²) in [6, 6.07) is 7.74. The minimum atomic E-state index is -0.437. The third-order valence-electron chi connectivity index (χ3n) is 2.80. The van der Waals surface area contributed by atoms with E-state index in [2.05, 4.69) is 5.32 Å². The van der Waals surface area contributed by atoms with Crippen LogP contribution in [-0.4, -0.2) is 24.7 Å². The number of carbonyl (C=O) groups excluding carboxylic acids is 1. The summed E-state index contributed by atoms with van der Waals surface area (Å²) in [7, 11) is 0. The van der Waals surface area contributed by atoms with E-state index in [9.17, 15) is 4.79 Å². The smallest absolute Gasteiger partial charge is 0.338 e. The lowest BCUT2D eigenvalue weighted by Gasteiger charge is -2.27. The molecule has 0 bridgehead atoms. The third-order valence-corrected chi connectivity index (χ3v) is 2.80. The molecular formula is C14H19NO2. The van der Waals surface area contributed by atoms with Gasteiger partial charge in [-0.25, -0.2) is 4.79 Å². The standard InChI is InChI=1S/C14H19NO2/c1-14(2,3)17-13(16)11-6-4-10(5-7-11)12-8-15-9-12/h4-7,12,15H,8-9H2,1-3H3. The molecule has 1 aromatic carbocycles. The highest BCUT2D eigenvalue weighted by molar-refractivity contribution is 5.89. The summed E-state index contributed by atoms with van der Waals surface area (Å²) in [6.45, 7) is 7.69. The summed E-state index contributed by atoms with van der Waals surface area (Å²) in [4.78, 5) is 11.8. The number of ether oxygens (including phenoxy) is 1. The van der Waals surface area contributed by atoms with Gasteiger partial charge in [-0.05, 0) is 38.5 Å². The van der Waals surface area contributed by atoms with E-state index in [1.807, 2.05) is 45.0 Å². The monoisotopic (exact) mass is 233 g/mol. The van der Waals surface area contributed by atoms with Crippen LogP contribution in [0.3, 0.4) is 0 Å². The average molecular weight is 233 g/mol. The van der Waals surface area contributed by atoms with Gasteiger partial charge in [-0.1, -0.05) is 12.1 Å². The summed E-state index contributed by atoms with van der Waals surface area (Å²) in [5.74, 6) is 0.346. The Morgan fingerprint density at radius 2 is 1.82 bits per heavy atom. The van der Waals surface area contributed by atoms with Gasteiger partial charge in [-0.15, -0.1) is 0 Å². The highest BCUT2D eigenvalue weighted by atomic mass is 16.6. The zero-order chi connectivity index (χ0) is 12.5. The minimum Gasteiger partial charge on any atom is -0.456 e. The van der Waals surface area contributed by atoms with Crippen molar-refractivity contribution in [2.75, 3.05) is 13.1 Å². The maximum atomic E-state index is 11.8. The van der Waals surface area contributed by atoms with Crippen LogP contribution < -0.4 is 5.32 Å². The van der Waals surface area contributed by atoms with Crippen molar-refractivity contribution in [2.45, 2.75) is 32.3 Å². The molecule has 0 spiro atoms. The van der Waals surface area contributed by atoms with E-state index in [0.717, 1.165) is 13.1 Å². The number of nitrogens with one attached hydrogen (secondary N) is 1. The van der Waals surface area contributed by atoms with Crippen LogP contribution in [0.5, 0.6) is 0 Å². The number of hydrogen-bond donors (Lipinski definition) is 1. The molecule has 92 valence electrons. The van der Waals surface area contributed by atoms with Crippen LogP contribution in [0, 0.1) is 0 Å².